The molecule has 0 aromatic heterocycles. The van der Waals surface area contributed by atoms with E-state index < -0.39 is 0 Å². The topological polar surface area (TPSA) is 38.0 Å². The summed E-state index contributed by atoms with van der Waals surface area (Å²) in [6, 6.07) is 7.01. The summed E-state index contributed by atoms with van der Waals surface area (Å²) in [6.07, 6.45) is 4.51. The maximum Gasteiger partial charge on any atom is 0.0637 e. The quantitative estimate of drug-likeness (QED) is 0.830. The zero-order valence-corrected chi connectivity index (χ0v) is 10.4. The number of nitrogens with two attached hydrogens (primary N) is 1. The van der Waals surface area contributed by atoms with Crippen LogP contribution in [0.25, 0.3) is 0 Å². The van der Waals surface area contributed by atoms with E-state index in [1.54, 1.807) is 0 Å². The smallest absolute Gasteiger partial charge is 0.0637 e. The molecule has 0 amide bonds. The third-order valence-corrected chi connectivity index (χ3v) is 3.58. The zero-order chi connectivity index (χ0) is 11.5. The minimum Gasteiger partial charge on any atom is -0.381 e. The maximum atomic E-state index is 6.16. The highest BCUT2D eigenvalue weighted by Crippen LogP contribution is 2.27. The molecule has 1 aliphatic rings. The van der Waals surface area contributed by atoms with Gasteiger partial charge in [-0.15, -0.1) is 0 Å². The van der Waals surface area contributed by atoms with E-state index in [0.717, 1.165) is 36.4 Å². The van der Waals surface area contributed by atoms with Crippen LogP contribution in [0.3, 0.4) is 0 Å². The average Bonchev–Trinajstić information content (AvgIpc) is 2.27. The second-order valence-electron chi connectivity index (χ2n) is 4.74. The van der Waals surface area contributed by atoms with Gasteiger partial charge in [-0.05, 0) is 50.3 Å². The van der Waals surface area contributed by atoms with E-state index in [9.17, 15) is 0 Å². The summed E-state index contributed by atoms with van der Waals surface area (Å²) in [5.41, 5.74) is 8.18. The Morgan fingerprint density at radius 2 is 1.94 bits per heavy atom. The van der Waals surface area contributed by atoms with Crippen LogP contribution < -0.4 is 11.1 Å². The van der Waals surface area contributed by atoms with Gasteiger partial charge in [-0.3, -0.25) is 0 Å². The fraction of sp³-hybridized carbons (Fsp3) is 0.538. The van der Waals surface area contributed by atoms with Crippen molar-refractivity contribution in [2.24, 2.45) is 5.73 Å². The lowest BCUT2D eigenvalue weighted by molar-refractivity contribution is 0.411. The third-order valence-electron chi connectivity index (χ3n) is 3.25. The standard InChI is InChI=1S/C13H19ClN2/c1-9-2-7-12(14)13(8-9)16-11-5-3-10(15)4-6-11/h2,7-8,10-11,16H,3-6,15H2,1H3. The van der Waals surface area contributed by atoms with Crippen LogP contribution in [-0.4, -0.2) is 12.1 Å². The minimum absolute atomic E-state index is 0.394. The molecule has 1 fully saturated rings. The van der Waals surface area contributed by atoms with Crippen LogP contribution in [0.2, 0.25) is 5.02 Å². The Kier molecular flexibility index (Phi) is 3.72. The van der Waals surface area contributed by atoms with Gasteiger partial charge < -0.3 is 11.1 Å². The van der Waals surface area contributed by atoms with Crippen molar-refractivity contribution in [1.82, 2.24) is 0 Å². The van der Waals surface area contributed by atoms with Gasteiger partial charge in [-0.25, -0.2) is 0 Å². The maximum absolute atomic E-state index is 6.16. The predicted octanol–water partition coefficient (Wildman–Crippen LogP) is 3.33. The molecule has 0 heterocycles. The first-order chi connectivity index (χ1) is 7.65. The summed E-state index contributed by atoms with van der Waals surface area (Å²) in [5.74, 6) is 0. The van der Waals surface area contributed by atoms with Gasteiger partial charge in [0.1, 0.15) is 0 Å². The first-order valence-electron chi connectivity index (χ1n) is 5.93. The van der Waals surface area contributed by atoms with Crippen molar-refractivity contribution >= 4 is 17.3 Å². The van der Waals surface area contributed by atoms with Gasteiger partial charge >= 0.3 is 0 Å². The Balaban J connectivity index is 2.00. The monoisotopic (exact) mass is 238 g/mol. The van der Waals surface area contributed by atoms with Crippen LogP contribution in [0.1, 0.15) is 31.2 Å². The average molecular weight is 239 g/mol. The van der Waals surface area contributed by atoms with E-state index in [0.29, 0.717) is 12.1 Å². The molecule has 0 atom stereocenters. The summed E-state index contributed by atoms with van der Waals surface area (Å²) in [6.45, 7) is 2.08. The molecule has 1 aromatic rings. The number of rotatable bonds is 2. The van der Waals surface area contributed by atoms with E-state index in [1.165, 1.54) is 5.56 Å². The molecule has 1 aromatic carbocycles. The molecule has 0 radical (unpaired) electrons. The lowest BCUT2D eigenvalue weighted by Gasteiger charge is -2.28. The highest BCUT2D eigenvalue weighted by molar-refractivity contribution is 6.33. The Morgan fingerprint density at radius 1 is 1.25 bits per heavy atom. The minimum atomic E-state index is 0.394. The molecule has 0 unspecified atom stereocenters. The van der Waals surface area contributed by atoms with Crippen LogP contribution in [0.15, 0.2) is 18.2 Å². The van der Waals surface area contributed by atoms with Crippen LogP contribution >= 0.6 is 11.6 Å². The number of halogens is 1. The third kappa shape index (κ3) is 2.89. The van der Waals surface area contributed by atoms with Crippen molar-refractivity contribution in [3.63, 3.8) is 0 Å². The van der Waals surface area contributed by atoms with E-state index in [4.69, 9.17) is 17.3 Å². The first-order valence-corrected chi connectivity index (χ1v) is 6.31. The van der Waals surface area contributed by atoms with E-state index >= 15 is 0 Å². The van der Waals surface area contributed by atoms with E-state index in [-0.39, 0.29) is 0 Å². The normalized spacial score (nSPS) is 25.4. The van der Waals surface area contributed by atoms with Crippen LogP contribution in [-0.2, 0) is 0 Å². The summed E-state index contributed by atoms with van der Waals surface area (Å²) in [5, 5.41) is 4.33. The SMILES string of the molecule is Cc1ccc(Cl)c(NC2CCC(N)CC2)c1. The Morgan fingerprint density at radius 3 is 2.62 bits per heavy atom. The van der Waals surface area contributed by atoms with Gasteiger partial charge in [0.05, 0.1) is 10.7 Å². The van der Waals surface area contributed by atoms with E-state index in [1.807, 2.05) is 12.1 Å². The molecule has 0 spiro atoms. The van der Waals surface area contributed by atoms with Crippen molar-refractivity contribution in [2.45, 2.75) is 44.7 Å². The van der Waals surface area contributed by atoms with Gasteiger partial charge in [0.15, 0.2) is 0 Å². The summed E-state index contributed by atoms with van der Waals surface area (Å²) in [4.78, 5) is 0. The molecule has 1 saturated carbocycles. The summed E-state index contributed by atoms with van der Waals surface area (Å²) < 4.78 is 0. The van der Waals surface area contributed by atoms with Crippen molar-refractivity contribution in [3.05, 3.63) is 28.8 Å². The highest BCUT2D eigenvalue weighted by atomic mass is 35.5. The first kappa shape index (κ1) is 11.7. The lowest BCUT2D eigenvalue weighted by atomic mass is 9.91. The Labute approximate surface area is 102 Å². The fourth-order valence-corrected chi connectivity index (χ4v) is 2.41. The van der Waals surface area contributed by atoms with Crippen molar-refractivity contribution in [2.75, 3.05) is 5.32 Å². The molecule has 1 aliphatic carbocycles. The number of hydrogen-bond donors (Lipinski definition) is 2. The highest BCUT2D eigenvalue weighted by Gasteiger charge is 2.18. The molecule has 2 nitrogen and oxygen atoms in total. The van der Waals surface area contributed by atoms with Gasteiger partial charge in [-0.2, -0.15) is 0 Å². The zero-order valence-electron chi connectivity index (χ0n) is 9.67. The molecule has 0 bridgehead atoms. The van der Waals surface area contributed by atoms with E-state index in [2.05, 4.69) is 18.3 Å². The Bertz CT molecular complexity index is 357. The number of anilines is 1. The number of hydrogen-bond acceptors (Lipinski definition) is 2. The number of aryl methyl sites for hydroxylation is 1. The molecule has 3 heteroatoms. The molecule has 88 valence electrons. The second-order valence-corrected chi connectivity index (χ2v) is 5.15. The second kappa shape index (κ2) is 5.07. The summed E-state index contributed by atoms with van der Waals surface area (Å²) in [7, 11) is 0. The molecular formula is C13H19ClN2. The molecule has 2 rings (SSSR count). The van der Waals surface area contributed by atoms with Crippen LogP contribution in [0, 0.1) is 6.92 Å². The van der Waals surface area contributed by atoms with Crippen LogP contribution in [0.5, 0.6) is 0 Å². The largest absolute Gasteiger partial charge is 0.381 e. The van der Waals surface area contributed by atoms with Gasteiger partial charge in [0, 0.05) is 12.1 Å². The Hall–Kier alpha value is -0.730. The van der Waals surface area contributed by atoms with Gasteiger partial charge in [-0.1, -0.05) is 17.7 Å². The van der Waals surface area contributed by atoms with Gasteiger partial charge in [0.2, 0.25) is 0 Å². The fourth-order valence-electron chi connectivity index (χ4n) is 2.23. The molecule has 0 aliphatic heterocycles. The van der Waals surface area contributed by atoms with Gasteiger partial charge in [0.25, 0.3) is 0 Å². The van der Waals surface area contributed by atoms with Crippen molar-refractivity contribution < 1.29 is 0 Å². The summed E-state index contributed by atoms with van der Waals surface area (Å²) >= 11 is 6.16. The molecule has 0 saturated heterocycles. The molecular weight excluding hydrogens is 220 g/mol. The predicted molar refractivity (Wildman–Crippen MR) is 70.0 cm³/mol. The van der Waals surface area contributed by atoms with Crippen molar-refractivity contribution in [3.8, 4) is 0 Å². The molecule has 3 N–H and O–H groups in total. The molecule has 16 heavy (non-hydrogen) atoms. The number of nitrogens with one attached hydrogen (secondary N) is 1. The lowest BCUT2D eigenvalue weighted by Crippen LogP contribution is -2.32. The van der Waals surface area contributed by atoms with Crippen molar-refractivity contribution in [1.29, 1.82) is 0 Å². The van der Waals surface area contributed by atoms with Crippen LogP contribution in [0.4, 0.5) is 5.69 Å². The number of benzene rings is 1.